The van der Waals surface area contributed by atoms with Gasteiger partial charge in [-0.2, -0.15) is 13.2 Å². The predicted octanol–water partition coefficient (Wildman–Crippen LogP) is 2.02. The van der Waals surface area contributed by atoms with E-state index in [0.29, 0.717) is 6.54 Å². The number of alkyl halides is 3. The second-order valence-electron chi connectivity index (χ2n) is 4.69. The van der Waals surface area contributed by atoms with Crippen molar-refractivity contribution in [2.24, 2.45) is 5.73 Å². The van der Waals surface area contributed by atoms with Gasteiger partial charge in [0.15, 0.2) is 0 Å². The average molecular weight is 259 g/mol. The Balaban J connectivity index is 1.98. The molecule has 18 heavy (non-hydrogen) atoms. The molecule has 0 amide bonds. The van der Waals surface area contributed by atoms with Gasteiger partial charge in [-0.3, -0.25) is 9.88 Å². The first-order valence-electron chi connectivity index (χ1n) is 5.95. The highest BCUT2D eigenvalue weighted by Gasteiger charge is 2.32. The summed E-state index contributed by atoms with van der Waals surface area (Å²) in [6, 6.07) is 2.68. The zero-order valence-corrected chi connectivity index (χ0v) is 9.95. The molecule has 0 bridgehead atoms. The van der Waals surface area contributed by atoms with Crippen molar-refractivity contribution in [2.75, 3.05) is 13.1 Å². The molecule has 0 spiro atoms. The van der Waals surface area contributed by atoms with Gasteiger partial charge in [0.1, 0.15) is 5.69 Å². The van der Waals surface area contributed by atoms with Crippen molar-refractivity contribution in [1.29, 1.82) is 0 Å². The Bertz CT molecular complexity index is 389. The first-order valence-corrected chi connectivity index (χ1v) is 5.95. The molecule has 2 N–H and O–H groups in total. The molecule has 1 aromatic rings. The summed E-state index contributed by atoms with van der Waals surface area (Å²) in [7, 11) is 0. The van der Waals surface area contributed by atoms with Crippen LogP contribution in [0.25, 0.3) is 0 Å². The minimum Gasteiger partial charge on any atom is -0.327 e. The number of hydrogen-bond acceptors (Lipinski definition) is 3. The molecule has 0 radical (unpaired) electrons. The summed E-state index contributed by atoms with van der Waals surface area (Å²) in [6.07, 6.45) is -1.02. The number of likely N-dealkylation sites (tertiary alicyclic amines) is 1. The van der Waals surface area contributed by atoms with Crippen molar-refractivity contribution in [2.45, 2.75) is 31.6 Å². The summed E-state index contributed by atoms with van der Waals surface area (Å²) >= 11 is 0. The molecule has 2 rings (SSSR count). The van der Waals surface area contributed by atoms with Gasteiger partial charge in [0.05, 0.1) is 0 Å². The van der Waals surface area contributed by atoms with E-state index in [-0.39, 0.29) is 6.04 Å². The Hall–Kier alpha value is -1.14. The fraction of sp³-hybridized carbons (Fsp3) is 0.583. The quantitative estimate of drug-likeness (QED) is 0.883. The third-order valence-corrected chi connectivity index (χ3v) is 3.06. The van der Waals surface area contributed by atoms with E-state index in [0.717, 1.165) is 37.6 Å². The van der Waals surface area contributed by atoms with Crippen molar-refractivity contribution in [3.05, 3.63) is 29.6 Å². The maximum absolute atomic E-state index is 12.3. The molecular weight excluding hydrogens is 243 g/mol. The monoisotopic (exact) mass is 259 g/mol. The molecule has 2 heterocycles. The van der Waals surface area contributed by atoms with E-state index in [4.69, 9.17) is 5.73 Å². The molecular formula is C12H16F3N3. The van der Waals surface area contributed by atoms with Crippen LogP contribution in [0.4, 0.5) is 13.2 Å². The highest BCUT2D eigenvalue weighted by Crippen LogP contribution is 2.27. The fourth-order valence-electron chi connectivity index (χ4n) is 2.18. The van der Waals surface area contributed by atoms with Crippen molar-refractivity contribution in [3.8, 4) is 0 Å². The predicted molar refractivity (Wildman–Crippen MR) is 61.7 cm³/mol. The van der Waals surface area contributed by atoms with Crippen molar-refractivity contribution in [1.82, 2.24) is 9.88 Å². The van der Waals surface area contributed by atoms with Gasteiger partial charge < -0.3 is 5.73 Å². The molecule has 0 unspecified atom stereocenters. The van der Waals surface area contributed by atoms with Crippen molar-refractivity contribution >= 4 is 0 Å². The highest BCUT2D eigenvalue weighted by atomic mass is 19.4. The van der Waals surface area contributed by atoms with E-state index in [2.05, 4.69) is 9.88 Å². The SMILES string of the molecule is N[C@@H]1CCCN(Cc2ccc(C(F)(F)F)nc2)C1. The minimum atomic E-state index is -4.37. The van der Waals surface area contributed by atoms with Crippen LogP contribution in [0.2, 0.25) is 0 Å². The molecule has 1 aliphatic rings. The van der Waals surface area contributed by atoms with Crippen LogP contribution in [0, 0.1) is 0 Å². The van der Waals surface area contributed by atoms with Crippen LogP contribution in [-0.4, -0.2) is 29.0 Å². The summed E-state index contributed by atoms with van der Waals surface area (Å²) in [5.41, 5.74) is 5.80. The third kappa shape index (κ3) is 3.43. The number of nitrogens with zero attached hydrogens (tertiary/aromatic N) is 2. The van der Waals surface area contributed by atoms with Gasteiger partial charge in [0.25, 0.3) is 0 Å². The summed E-state index contributed by atoms with van der Waals surface area (Å²) in [6.45, 7) is 2.34. The lowest BCUT2D eigenvalue weighted by Crippen LogP contribution is -2.42. The summed E-state index contributed by atoms with van der Waals surface area (Å²) < 4.78 is 37.0. The second kappa shape index (κ2) is 5.24. The maximum atomic E-state index is 12.3. The van der Waals surface area contributed by atoms with Crippen LogP contribution >= 0.6 is 0 Å². The van der Waals surface area contributed by atoms with Gasteiger partial charge in [-0.05, 0) is 31.0 Å². The molecule has 1 aromatic heterocycles. The van der Waals surface area contributed by atoms with Crippen molar-refractivity contribution < 1.29 is 13.2 Å². The smallest absolute Gasteiger partial charge is 0.327 e. The molecule has 1 aliphatic heterocycles. The number of aromatic nitrogens is 1. The Morgan fingerprint density at radius 2 is 2.17 bits per heavy atom. The average Bonchev–Trinajstić information content (AvgIpc) is 2.28. The van der Waals surface area contributed by atoms with E-state index in [1.807, 2.05) is 0 Å². The lowest BCUT2D eigenvalue weighted by Gasteiger charge is -2.30. The lowest BCUT2D eigenvalue weighted by atomic mass is 10.1. The van der Waals surface area contributed by atoms with Crippen LogP contribution in [0.5, 0.6) is 0 Å². The number of pyridine rings is 1. The van der Waals surface area contributed by atoms with Crippen LogP contribution < -0.4 is 5.73 Å². The summed E-state index contributed by atoms with van der Waals surface area (Å²) in [4.78, 5) is 5.60. The first-order chi connectivity index (χ1) is 8.45. The van der Waals surface area contributed by atoms with Gasteiger partial charge in [-0.1, -0.05) is 6.07 Å². The van der Waals surface area contributed by atoms with Gasteiger partial charge in [0, 0.05) is 25.3 Å². The van der Waals surface area contributed by atoms with E-state index < -0.39 is 11.9 Å². The van der Waals surface area contributed by atoms with E-state index in [1.165, 1.54) is 12.3 Å². The van der Waals surface area contributed by atoms with E-state index >= 15 is 0 Å². The topological polar surface area (TPSA) is 42.1 Å². The molecule has 1 atom stereocenters. The summed E-state index contributed by atoms with van der Waals surface area (Å²) in [5, 5.41) is 0. The number of rotatable bonds is 2. The fourth-order valence-corrected chi connectivity index (χ4v) is 2.18. The zero-order valence-electron chi connectivity index (χ0n) is 9.95. The number of halogens is 3. The number of nitrogens with two attached hydrogens (primary N) is 1. The van der Waals surface area contributed by atoms with Crippen LogP contribution in [0.1, 0.15) is 24.1 Å². The van der Waals surface area contributed by atoms with Gasteiger partial charge in [0.2, 0.25) is 0 Å². The highest BCUT2D eigenvalue weighted by molar-refractivity contribution is 5.16. The molecule has 100 valence electrons. The number of hydrogen-bond donors (Lipinski definition) is 1. The molecule has 0 aliphatic carbocycles. The minimum absolute atomic E-state index is 0.168. The third-order valence-electron chi connectivity index (χ3n) is 3.06. The molecule has 0 aromatic carbocycles. The largest absolute Gasteiger partial charge is 0.433 e. The standard InChI is InChI=1S/C12H16F3N3/c13-12(14,15)11-4-3-9(6-17-11)7-18-5-1-2-10(16)8-18/h3-4,6,10H,1-2,5,7-8,16H2/t10-/m1/s1. The lowest BCUT2D eigenvalue weighted by molar-refractivity contribution is -0.141. The molecule has 3 nitrogen and oxygen atoms in total. The van der Waals surface area contributed by atoms with E-state index in [1.54, 1.807) is 0 Å². The Kier molecular flexibility index (Phi) is 3.87. The Morgan fingerprint density at radius 1 is 1.39 bits per heavy atom. The Labute approximate surface area is 104 Å². The maximum Gasteiger partial charge on any atom is 0.433 e. The molecule has 0 saturated carbocycles. The first kappa shape index (κ1) is 13.3. The van der Waals surface area contributed by atoms with E-state index in [9.17, 15) is 13.2 Å². The van der Waals surface area contributed by atoms with Crippen LogP contribution in [-0.2, 0) is 12.7 Å². The molecule has 1 saturated heterocycles. The zero-order chi connectivity index (χ0) is 13.2. The van der Waals surface area contributed by atoms with Gasteiger partial charge in [-0.15, -0.1) is 0 Å². The van der Waals surface area contributed by atoms with Crippen LogP contribution in [0.15, 0.2) is 18.3 Å². The normalized spacial score (nSPS) is 22.1. The molecule has 6 heteroatoms. The van der Waals surface area contributed by atoms with Crippen LogP contribution in [0.3, 0.4) is 0 Å². The Morgan fingerprint density at radius 3 is 2.72 bits per heavy atom. The molecule has 1 fully saturated rings. The van der Waals surface area contributed by atoms with Crippen molar-refractivity contribution in [3.63, 3.8) is 0 Å². The second-order valence-corrected chi connectivity index (χ2v) is 4.69. The van der Waals surface area contributed by atoms with Gasteiger partial charge >= 0.3 is 6.18 Å². The number of piperidine rings is 1. The summed E-state index contributed by atoms with van der Waals surface area (Å²) in [5.74, 6) is 0. The van der Waals surface area contributed by atoms with Gasteiger partial charge in [-0.25, -0.2) is 0 Å².